The minimum absolute atomic E-state index is 0.577. The van der Waals surface area contributed by atoms with E-state index in [9.17, 15) is 5.26 Å². The van der Waals surface area contributed by atoms with Gasteiger partial charge in [-0.15, -0.1) is 11.3 Å². The van der Waals surface area contributed by atoms with Gasteiger partial charge in [0.2, 0.25) is 0 Å². The van der Waals surface area contributed by atoms with Crippen LogP contribution in [0, 0.1) is 11.3 Å². The smallest absolute Gasteiger partial charge is 0.160 e. The maximum atomic E-state index is 10.00. The molecule has 0 bridgehead atoms. The molecule has 0 spiro atoms. The lowest BCUT2D eigenvalue weighted by atomic mass is 9.93. The van der Waals surface area contributed by atoms with Crippen LogP contribution < -0.4 is 0 Å². The van der Waals surface area contributed by atoms with Crippen molar-refractivity contribution in [2.45, 2.75) is 0 Å². The van der Waals surface area contributed by atoms with E-state index in [2.05, 4.69) is 109 Å². The van der Waals surface area contributed by atoms with E-state index in [1.807, 2.05) is 72.0 Å². The third-order valence-corrected chi connectivity index (χ3v) is 10.3. The third kappa shape index (κ3) is 5.23. The number of thiophene rings is 1. The Morgan fingerprint density at radius 3 is 2.04 bits per heavy atom. The molecule has 0 unspecified atom stereocenters. The minimum Gasteiger partial charge on any atom is -0.228 e. The summed E-state index contributed by atoms with van der Waals surface area (Å²) in [7, 11) is 0. The van der Waals surface area contributed by atoms with Crippen LogP contribution in [0.4, 0.5) is 0 Å². The summed E-state index contributed by atoms with van der Waals surface area (Å²) >= 11 is 1.84. The lowest BCUT2D eigenvalue weighted by molar-refractivity contribution is 1.18. The van der Waals surface area contributed by atoms with Crippen LogP contribution in [0.3, 0.4) is 0 Å². The zero-order chi connectivity index (χ0) is 32.7. The SMILES string of the molecule is N#Cc1ccccc1-c1cc(-c2cc(-c3ccc4ccccc4c3)cc(-c3cccc4c3sc3ccccc34)c2)nc(-c2ccccc2)n1. The molecule has 0 fully saturated rings. The number of nitrogens with zero attached hydrogens (tertiary/aromatic N) is 3. The first kappa shape index (κ1) is 28.8. The van der Waals surface area contributed by atoms with Gasteiger partial charge in [-0.1, -0.05) is 121 Å². The van der Waals surface area contributed by atoms with E-state index < -0.39 is 0 Å². The maximum Gasteiger partial charge on any atom is 0.160 e. The molecule has 49 heavy (non-hydrogen) atoms. The van der Waals surface area contributed by atoms with Gasteiger partial charge in [-0.25, -0.2) is 9.97 Å². The molecule has 0 saturated carbocycles. The second-order valence-electron chi connectivity index (χ2n) is 12.1. The molecule has 0 atom stereocenters. The van der Waals surface area contributed by atoms with Gasteiger partial charge in [-0.2, -0.15) is 5.26 Å². The highest BCUT2D eigenvalue weighted by molar-refractivity contribution is 7.26. The molecule has 2 aromatic heterocycles. The van der Waals surface area contributed by atoms with Gasteiger partial charge in [0, 0.05) is 36.9 Å². The number of aromatic nitrogens is 2. The largest absolute Gasteiger partial charge is 0.228 e. The molecule has 228 valence electrons. The highest BCUT2D eigenvalue weighted by Crippen LogP contribution is 2.42. The van der Waals surface area contributed by atoms with Crippen molar-refractivity contribution in [1.82, 2.24) is 9.97 Å². The first-order chi connectivity index (χ1) is 24.2. The summed E-state index contributed by atoms with van der Waals surface area (Å²) in [4.78, 5) is 10.2. The predicted octanol–water partition coefficient (Wildman–Crippen LogP) is 12.2. The fraction of sp³-hybridized carbons (Fsp3) is 0. The lowest BCUT2D eigenvalue weighted by Crippen LogP contribution is -1.97. The molecule has 9 aromatic rings. The molecule has 4 heteroatoms. The van der Waals surface area contributed by atoms with E-state index in [1.54, 1.807) is 0 Å². The standard InChI is InChI=1S/C45H27N3S/c46-28-33-15-6-7-16-37(33)42-27-41(47-45(48-42)30-12-2-1-3-13-30)36-25-34(32-22-21-29-11-4-5-14-31(29)23-32)24-35(26-36)38-18-10-19-40-39-17-8-9-20-43(39)49-44(38)40/h1-27H. The Hall–Kier alpha value is -6.41. The van der Waals surface area contributed by atoms with Gasteiger partial charge in [0.25, 0.3) is 0 Å². The van der Waals surface area contributed by atoms with Crippen LogP contribution in [0.5, 0.6) is 0 Å². The quantitative estimate of drug-likeness (QED) is 0.188. The van der Waals surface area contributed by atoms with Crippen molar-refractivity contribution in [3.05, 3.63) is 169 Å². The molecule has 7 aromatic carbocycles. The predicted molar refractivity (Wildman–Crippen MR) is 204 cm³/mol. The van der Waals surface area contributed by atoms with E-state index in [4.69, 9.17) is 9.97 Å². The molecule has 0 amide bonds. The summed E-state index contributed by atoms with van der Waals surface area (Å²) in [5, 5.41) is 14.9. The molecular weight excluding hydrogens is 615 g/mol. The van der Waals surface area contributed by atoms with Gasteiger partial charge in [0.15, 0.2) is 5.82 Å². The van der Waals surface area contributed by atoms with E-state index in [1.165, 1.54) is 36.5 Å². The summed E-state index contributed by atoms with van der Waals surface area (Å²) in [6, 6.07) is 59.2. The Morgan fingerprint density at radius 1 is 0.449 bits per heavy atom. The summed E-state index contributed by atoms with van der Waals surface area (Å²) in [6.45, 7) is 0. The molecule has 0 N–H and O–H groups in total. The Kier molecular flexibility index (Phi) is 7.04. The average molecular weight is 642 g/mol. The second-order valence-corrected chi connectivity index (χ2v) is 13.2. The first-order valence-corrected chi connectivity index (χ1v) is 17.0. The number of fused-ring (bicyclic) bond motifs is 4. The van der Waals surface area contributed by atoms with Crippen LogP contribution in [0.2, 0.25) is 0 Å². The Balaban J connectivity index is 1.32. The fourth-order valence-electron chi connectivity index (χ4n) is 6.69. The first-order valence-electron chi connectivity index (χ1n) is 16.2. The molecule has 2 heterocycles. The van der Waals surface area contributed by atoms with Crippen molar-refractivity contribution >= 4 is 42.3 Å². The molecule has 0 radical (unpaired) electrons. The number of rotatable bonds is 5. The van der Waals surface area contributed by atoms with Crippen LogP contribution in [0.25, 0.3) is 87.1 Å². The summed E-state index contributed by atoms with van der Waals surface area (Å²) < 4.78 is 2.54. The molecular formula is C45H27N3S. The Morgan fingerprint density at radius 2 is 1.14 bits per heavy atom. The fourth-order valence-corrected chi connectivity index (χ4v) is 7.93. The minimum atomic E-state index is 0.577. The summed E-state index contributed by atoms with van der Waals surface area (Å²) in [6.07, 6.45) is 0. The van der Waals surface area contributed by atoms with Gasteiger partial charge in [0.05, 0.1) is 23.0 Å². The second kappa shape index (κ2) is 12.0. The highest BCUT2D eigenvalue weighted by atomic mass is 32.1. The van der Waals surface area contributed by atoms with E-state index in [0.29, 0.717) is 17.1 Å². The number of nitriles is 1. The van der Waals surface area contributed by atoms with Crippen molar-refractivity contribution in [1.29, 1.82) is 5.26 Å². The van der Waals surface area contributed by atoms with Crippen molar-refractivity contribution in [3.8, 4) is 62.2 Å². The van der Waals surface area contributed by atoms with Crippen LogP contribution >= 0.6 is 11.3 Å². The summed E-state index contributed by atoms with van der Waals surface area (Å²) in [5.41, 5.74) is 9.32. The molecule has 0 saturated heterocycles. The van der Waals surface area contributed by atoms with Crippen LogP contribution in [-0.4, -0.2) is 9.97 Å². The van der Waals surface area contributed by atoms with Crippen molar-refractivity contribution < 1.29 is 0 Å². The molecule has 0 aliphatic heterocycles. The topological polar surface area (TPSA) is 49.6 Å². The van der Waals surface area contributed by atoms with Crippen molar-refractivity contribution in [3.63, 3.8) is 0 Å². The molecule has 0 aliphatic rings. The average Bonchev–Trinajstić information content (AvgIpc) is 3.57. The van der Waals surface area contributed by atoms with Gasteiger partial charge in [-0.3, -0.25) is 0 Å². The van der Waals surface area contributed by atoms with E-state index >= 15 is 0 Å². The normalized spacial score (nSPS) is 11.2. The van der Waals surface area contributed by atoms with E-state index in [0.717, 1.165) is 39.1 Å². The van der Waals surface area contributed by atoms with Gasteiger partial charge in [0.1, 0.15) is 0 Å². The molecule has 0 aliphatic carbocycles. The Labute approximate surface area is 288 Å². The zero-order valence-corrected chi connectivity index (χ0v) is 27.2. The Bertz CT molecular complexity index is 2740. The van der Waals surface area contributed by atoms with Crippen LogP contribution in [-0.2, 0) is 0 Å². The third-order valence-electron chi connectivity index (χ3n) is 9.11. The number of hydrogen-bond donors (Lipinski definition) is 0. The molecule has 3 nitrogen and oxygen atoms in total. The lowest BCUT2D eigenvalue weighted by Gasteiger charge is -2.14. The van der Waals surface area contributed by atoms with Crippen LogP contribution in [0.1, 0.15) is 5.56 Å². The number of benzene rings is 7. The maximum absolute atomic E-state index is 10.00. The number of hydrogen-bond acceptors (Lipinski definition) is 4. The molecule has 9 rings (SSSR count). The van der Waals surface area contributed by atoms with Crippen LogP contribution in [0.15, 0.2) is 164 Å². The van der Waals surface area contributed by atoms with Gasteiger partial charge in [-0.05, 0) is 75.5 Å². The summed E-state index contributed by atoms with van der Waals surface area (Å²) in [5.74, 6) is 0.616. The monoisotopic (exact) mass is 641 g/mol. The van der Waals surface area contributed by atoms with E-state index in [-0.39, 0.29) is 0 Å². The highest BCUT2D eigenvalue weighted by Gasteiger charge is 2.17. The van der Waals surface area contributed by atoms with Crippen molar-refractivity contribution in [2.75, 3.05) is 0 Å². The van der Waals surface area contributed by atoms with Gasteiger partial charge >= 0.3 is 0 Å². The van der Waals surface area contributed by atoms with Gasteiger partial charge < -0.3 is 0 Å². The van der Waals surface area contributed by atoms with Crippen molar-refractivity contribution in [2.24, 2.45) is 0 Å². The zero-order valence-electron chi connectivity index (χ0n) is 26.3.